The maximum Gasteiger partial charge on any atom is 0.323 e. The summed E-state index contributed by atoms with van der Waals surface area (Å²) in [6, 6.07) is 24.3. The normalized spacial score (nSPS) is 12.2. The molecule has 0 saturated carbocycles. The Balaban J connectivity index is 1.95. The van der Waals surface area contributed by atoms with Gasteiger partial charge in [0.15, 0.2) is 0 Å². The van der Waals surface area contributed by atoms with Gasteiger partial charge in [0.1, 0.15) is 12.4 Å². The Morgan fingerprint density at radius 1 is 0.889 bits per heavy atom. The molecule has 27 heavy (non-hydrogen) atoms. The van der Waals surface area contributed by atoms with Gasteiger partial charge < -0.3 is 9.67 Å². The van der Waals surface area contributed by atoms with E-state index in [-0.39, 0.29) is 18.3 Å². The third-order valence-corrected chi connectivity index (χ3v) is 4.77. The van der Waals surface area contributed by atoms with Crippen molar-refractivity contribution in [3.05, 3.63) is 108 Å². The Kier molecular flexibility index (Phi) is 4.47. The first kappa shape index (κ1) is 17.0. The minimum absolute atomic E-state index is 0.106. The lowest BCUT2D eigenvalue weighted by Crippen LogP contribution is -2.07. The van der Waals surface area contributed by atoms with Crippen LogP contribution < -0.4 is 0 Å². The third kappa shape index (κ3) is 3.34. The van der Waals surface area contributed by atoms with Gasteiger partial charge in [-0.05, 0) is 34.9 Å². The number of hydrogen-bond acceptors (Lipinski definition) is 1. The number of carboxylic acid groups (broad SMARTS) is 1. The van der Waals surface area contributed by atoms with Gasteiger partial charge in [0.25, 0.3) is 0 Å². The van der Waals surface area contributed by atoms with E-state index in [1.165, 1.54) is 12.1 Å². The molecule has 4 aromatic rings. The molecule has 1 atom stereocenters. The van der Waals surface area contributed by atoms with Gasteiger partial charge in [0, 0.05) is 23.0 Å². The zero-order chi connectivity index (χ0) is 18.8. The number of carbonyl (C=O) groups is 1. The Bertz CT molecular complexity index is 1080. The van der Waals surface area contributed by atoms with Crippen LogP contribution in [-0.2, 0) is 11.3 Å². The fourth-order valence-electron chi connectivity index (χ4n) is 3.63. The summed E-state index contributed by atoms with van der Waals surface area (Å²) in [6.07, 6.45) is 1.90. The smallest absolute Gasteiger partial charge is 0.323 e. The number of aromatic nitrogens is 1. The van der Waals surface area contributed by atoms with E-state index in [9.17, 15) is 14.3 Å². The highest BCUT2D eigenvalue weighted by molar-refractivity contribution is 5.86. The zero-order valence-electron chi connectivity index (χ0n) is 14.5. The fourth-order valence-corrected chi connectivity index (χ4v) is 3.63. The van der Waals surface area contributed by atoms with Gasteiger partial charge in [-0.1, -0.05) is 60.7 Å². The topological polar surface area (TPSA) is 42.2 Å². The summed E-state index contributed by atoms with van der Waals surface area (Å²) in [5.41, 5.74) is 3.91. The van der Waals surface area contributed by atoms with Crippen LogP contribution in [0.4, 0.5) is 4.39 Å². The number of halogens is 1. The van der Waals surface area contributed by atoms with E-state index in [2.05, 4.69) is 0 Å². The first-order valence-corrected chi connectivity index (χ1v) is 8.73. The summed E-state index contributed by atoms with van der Waals surface area (Å²) in [7, 11) is 0. The molecule has 1 unspecified atom stereocenters. The van der Waals surface area contributed by atoms with Crippen LogP contribution in [-0.4, -0.2) is 15.6 Å². The molecule has 0 fully saturated rings. The van der Waals surface area contributed by atoms with Gasteiger partial charge in [-0.2, -0.15) is 0 Å². The Morgan fingerprint density at radius 3 is 2.22 bits per heavy atom. The lowest BCUT2D eigenvalue weighted by molar-refractivity contribution is -0.137. The van der Waals surface area contributed by atoms with Gasteiger partial charge in [0.05, 0.1) is 0 Å². The molecule has 0 radical (unpaired) electrons. The molecular weight excluding hydrogens is 341 g/mol. The number of nitrogens with zero attached hydrogens (tertiary/aromatic N) is 1. The third-order valence-electron chi connectivity index (χ3n) is 4.77. The molecule has 0 aliphatic heterocycles. The number of aliphatic carboxylic acids is 1. The highest BCUT2D eigenvalue weighted by Gasteiger charge is 2.22. The van der Waals surface area contributed by atoms with E-state index < -0.39 is 5.97 Å². The SMILES string of the molecule is O=C(O)Cn1cc(C(c2ccccc2)c2ccc(F)cc2)c2ccccc21. The van der Waals surface area contributed by atoms with Crippen molar-refractivity contribution in [1.82, 2.24) is 4.57 Å². The first-order chi connectivity index (χ1) is 13.1. The predicted octanol–water partition coefficient (Wildman–Crippen LogP) is 5.05. The summed E-state index contributed by atoms with van der Waals surface area (Å²) in [6.45, 7) is -0.106. The first-order valence-electron chi connectivity index (χ1n) is 8.73. The minimum Gasteiger partial charge on any atom is -0.480 e. The standard InChI is InChI=1S/C23H18FNO2/c24-18-12-10-17(11-13-18)23(16-6-2-1-3-7-16)20-14-25(15-22(26)27)21-9-5-4-8-19(20)21/h1-14,23H,15H2,(H,26,27). The van der Waals surface area contributed by atoms with Gasteiger partial charge >= 0.3 is 5.97 Å². The molecule has 0 aliphatic carbocycles. The largest absolute Gasteiger partial charge is 0.480 e. The molecule has 0 saturated heterocycles. The summed E-state index contributed by atoms with van der Waals surface area (Å²) >= 11 is 0. The van der Waals surface area contributed by atoms with Crippen LogP contribution in [0.15, 0.2) is 85.1 Å². The van der Waals surface area contributed by atoms with E-state index >= 15 is 0 Å². The molecule has 4 heteroatoms. The minimum atomic E-state index is -0.889. The van der Waals surface area contributed by atoms with Crippen molar-refractivity contribution in [3.63, 3.8) is 0 Å². The van der Waals surface area contributed by atoms with Gasteiger partial charge in [-0.15, -0.1) is 0 Å². The molecule has 0 bridgehead atoms. The van der Waals surface area contributed by atoms with Crippen LogP contribution in [0.3, 0.4) is 0 Å². The van der Waals surface area contributed by atoms with E-state index in [0.29, 0.717) is 0 Å². The van der Waals surface area contributed by atoms with Crippen molar-refractivity contribution < 1.29 is 14.3 Å². The lowest BCUT2D eigenvalue weighted by Gasteiger charge is -2.18. The molecule has 0 aliphatic rings. The zero-order valence-corrected chi connectivity index (χ0v) is 14.5. The van der Waals surface area contributed by atoms with Gasteiger partial charge in [-0.3, -0.25) is 4.79 Å². The van der Waals surface area contributed by atoms with Crippen molar-refractivity contribution in [1.29, 1.82) is 0 Å². The van der Waals surface area contributed by atoms with Crippen molar-refractivity contribution >= 4 is 16.9 Å². The average Bonchev–Trinajstić information content (AvgIpc) is 3.02. The molecule has 3 aromatic carbocycles. The lowest BCUT2D eigenvalue weighted by atomic mass is 9.85. The van der Waals surface area contributed by atoms with Crippen molar-refractivity contribution in [2.45, 2.75) is 12.5 Å². The van der Waals surface area contributed by atoms with Crippen molar-refractivity contribution in [2.24, 2.45) is 0 Å². The van der Waals surface area contributed by atoms with Crippen LogP contribution in [0.2, 0.25) is 0 Å². The van der Waals surface area contributed by atoms with Gasteiger partial charge in [0.2, 0.25) is 0 Å². The molecule has 134 valence electrons. The molecule has 1 N–H and O–H groups in total. The number of hydrogen-bond donors (Lipinski definition) is 1. The van der Waals surface area contributed by atoms with Crippen LogP contribution in [0.5, 0.6) is 0 Å². The Labute approximate surface area is 156 Å². The molecular formula is C23H18FNO2. The second-order valence-corrected chi connectivity index (χ2v) is 6.52. The Hall–Kier alpha value is -3.40. The van der Waals surface area contributed by atoms with E-state index in [1.54, 1.807) is 16.7 Å². The van der Waals surface area contributed by atoms with Gasteiger partial charge in [-0.25, -0.2) is 4.39 Å². The van der Waals surface area contributed by atoms with Crippen LogP contribution >= 0.6 is 0 Å². The molecule has 0 spiro atoms. The van der Waals surface area contributed by atoms with E-state index in [4.69, 9.17) is 0 Å². The highest BCUT2D eigenvalue weighted by Crippen LogP contribution is 2.37. The summed E-state index contributed by atoms with van der Waals surface area (Å²) < 4.78 is 15.2. The summed E-state index contributed by atoms with van der Waals surface area (Å²) in [5, 5.41) is 10.3. The van der Waals surface area contributed by atoms with Crippen molar-refractivity contribution in [3.8, 4) is 0 Å². The van der Waals surface area contributed by atoms with Crippen LogP contribution in [0.25, 0.3) is 10.9 Å². The molecule has 0 amide bonds. The quantitative estimate of drug-likeness (QED) is 0.542. The monoisotopic (exact) mass is 359 g/mol. The second-order valence-electron chi connectivity index (χ2n) is 6.52. The van der Waals surface area contributed by atoms with E-state index in [1.807, 2.05) is 60.8 Å². The molecule has 1 aromatic heterocycles. The van der Waals surface area contributed by atoms with Crippen LogP contribution in [0, 0.1) is 5.82 Å². The van der Waals surface area contributed by atoms with Crippen molar-refractivity contribution in [2.75, 3.05) is 0 Å². The average molecular weight is 359 g/mol. The maximum atomic E-state index is 13.5. The molecule has 1 heterocycles. The second kappa shape index (κ2) is 7.08. The number of benzene rings is 3. The van der Waals surface area contributed by atoms with Crippen LogP contribution in [0.1, 0.15) is 22.6 Å². The number of carboxylic acids is 1. The maximum absolute atomic E-state index is 13.5. The fraction of sp³-hybridized carbons (Fsp3) is 0.0870. The predicted molar refractivity (Wildman–Crippen MR) is 103 cm³/mol. The van der Waals surface area contributed by atoms with E-state index in [0.717, 1.165) is 27.6 Å². The summed E-state index contributed by atoms with van der Waals surface area (Å²) in [4.78, 5) is 11.3. The highest BCUT2D eigenvalue weighted by atomic mass is 19.1. The number of fused-ring (bicyclic) bond motifs is 1. The Morgan fingerprint density at radius 2 is 1.52 bits per heavy atom. The molecule has 4 rings (SSSR count). The number of rotatable bonds is 5. The summed E-state index contributed by atoms with van der Waals surface area (Å²) in [5.74, 6) is -1.29. The molecule has 3 nitrogen and oxygen atoms in total. The number of para-hydroxylation sites is 1.